The molecule has 0 fully saturated rings. The van der Waals surface area contributed by atoms with Crippen molar-refractivity contribution in [3.05, 3.63) is 12.3 Å². The lowest BCUT2D eigenvalue weighted by Crippen LogP contribution is -2.35. The summed E-state index contributed by atoms with van der Waals surface area (Å²) < 4.78 is 0. The Kier molecular flexibility index (Phi) is 6.26. The van der Waals surface area contributed by atoms with E-state index in [9.17, 15) is 0 Å². The van der Waals surface area contributed by atoms with Crippen molar-refractivity contribution in [2.45, 2.75) is 47.1 Å². The summed E-state index contributed by atoms with van der Waals surface area (Å²) in [6.07, 6.45) is 5.47. The van der Waals surface area contributed by atoms with Crippen LogP contribution in [0.25, 0.3) is 0 Å². The second-order valence-electron chi connectivity index (χ2n) is 3.66. The van der Waals surface area contributed by atoms with Gasteiger partial charge in [-0.1, -0.05) is 26.8 Å². The van der Waals surface area contributed by atoms with E-state index in [1.165, 1.54) is 5.84 Å². The Bertz CT molecular complexity index is 204. The SMILES string of the molecule is CC.CN=C1CC(C)C=CN1C(C)C. The molecule has 14 heavy (non-hydrogen) atoms. The van der Waals surface area contributed by atoms with Crippen LogP contribution in [-0.4, -0.2) is 23.8 Å². The van der Waals surface area contributed by atoms with Gasteiger partial charge in [-0.2, -0.15) is 0 Å². The van der Waals surface area contributed by atoms with E-state index in [2.05, 4.69) is 42.9 Å². The van der Waals surface area contributed by atoms with Gasteiger partial charge in [-0.3, -0.25) is 4.99 Å². The molecule has 1 unspecified atom stereocenters. The number of aliphatic imine (C=N–C) groups is 1. The van der Waals surface area contributed by atoms with Gasteiger partial charge in [-0.15, -0.1) is 0 Å². The van der Waals surface area contributed by atoms with Crippen molar-refractivity contribution in [1.29, 1.82) is 0 Å². The first-order chi connectivity index (χ1) is 6.65. The molecule has 0 bridgehead atoms. The molecule has 0 aromatic rings. The molecule has 0 N–H and O–H groups in total. The van der Waals surface area contributed by atoms with Gasteiger partial charge >= 0.3 is 0 Å². The summed E-state index contributed by atoms with van der Waals surface area (Å²) in [7, 11) is 1.87. The van der Waals surface area contributed by atoms with E-state index in [-0.39, 0.29) is 0 Å². The molecule has 1 aliphatic rings. The zero-order valence-corrected chi connectivity index (χ0v) is 10.4. The van der Waals surface area contributed by atoms with Crippen LogP contribution in [0.3, 0.4) is 0 Å². The largest absolute Gasteiger partial charge is 0.335 e. The molecule has 1 aliphatic heterocycles. The summed E-state index contributed by atoms with van der Waals surface area (Å²) in [5.74, 6) is 1.85. The summed E-state index contributed by atoms with van der Waals surface area (Å²) in [5.41, 5.74) is 0. The normalized spacial score (nSPS) is 23.8. The Labute approximate surface area is 88.7 Å². The van der Waals surface area contributed by atoms with Gasteiger partial charge in [0, 0.05) is 25.7 Å². The van der Waals surface area contributed by atoms with Crippen molar-refractivity contribution in [2.75, 3.05) is 7.05 Å². The lowest BCUT2D eigenvalue weighted by molar-refractivity contribution is 0.425. The van der Waals surface area contributed by atoms with Crippen LogP contribution < -0.4 is 0 Å². The fourth-order valence-electron chi connectivity index (χ4n) is 1.46. The third-order valence-electron chi connectivity index (χ3n) is 2.19. The number of rotatable bonds is 1. The van der Waals surface area contributed by atoms with Crippen molar-refractivity contribution in [3.8, 4) is 0 Å². The second-order valence-corrected chi connectivity index (χ2v) is 3.66. The summed E-state index contributed by atoms with van der Waals surface area (Å²) in [6.45, 7) is 10.6. The molecule has 0 spiro atoms. The molecule has 2 heteroatoms. The first-order valence-corrected chi connectivity index (χ1v) is 5.57. The zero-order valence-electron chi connectivity index (χ0n) is 10.4. The Morgan fingerprint density at radius 3 is 2.43 bits per heavy atom. The number of allylic oxidation sites excluding steroid dienone is 1. The Hall–Kier alpha value is -0.790. The second kappa shape index (κ2) is 6.63. The highest BCUT2D eigenvalue weighted by atomic mass is 15.2. The van der Waals surface area contributed by atoms with Crippen LogP contribution in [0.5, 0.6) is 0 Å². The fraction of sp³-hybridized carbons (Fsp3) is 0.750. The van der Waals surface area contributed by atoms with Gasteiger partial charge in [-0.25, -0.2) is 0 Å². The summed E-state index contributed by atoms with van der Waals surface area (Å²) in [5, 5.41) is 0. The van der Waals surface area contributed by atoms with Gasteiger partial charge in [0.25, 0.3) is 0 Å². The number of hydrogen-bond acceptors (Lipinski definition) is 1. The third kappa shape index (κ3) is 3.52. The van der Waals surface area contributed by atoms with Crippen LogP contribution in [0.1, 0.15) is 41.0 Å². The first-order valence-electron chi connectivity index (χ1n) is 5.57. The highest BCUT2D eigenvalue weighted by Crippen LogP contribution is 2.17. The molecule has 1 heterocycles. The van der Waals surface area contributed by atoms with E-state index in [1.807, 2.05) is 20.9 Å². The monoisotopic (exact) mass is 196 g/mol. The minimum absolute atomic E-state index is 0.521. The highest BCUT2D eigenvalue weighted by Gasteiger charge is 2.17. The quantitative estimate of drug-likeness (QED) is 0.628. The van der Waals surface area contributed by atoms with Gasteiger partial charge in [0.1, 0.15) is 5.84 Å². The molecular weight excluding hydrogens is 172 g/mol. The van der Waals surface area contributed by atoms with Crippen LogP contribution in [-0.2, 0) is 0 Å². The Morgan fingerprint density at radius 1 is 1.43 bits per heavy atom. The van der Waals surface area contributed by atoms with Crippen molar-refractivity contribution in [1.82, 2.24) is 4.90 Å². The van der Waals surface area contributed by atoms with Gasteiger partial charge in [0.05, 0.1) is 0 Å². The summed E-state index contributed by atoms with van der Waals surface area (Å²) in [6, 6.07) is 0.521. The molecule has 0 saturated heterocycles. The zero-order chi connectivity index (χ0) is 11.1. The van der Waals surface area contributed by atoms with E-state index in [0.29, 0.717) is 12.0 Å². The van der Waals surface area contributed by atoms with Crippen LogP contribution >= 0.6 is 0 Å². The number of hydrogen-bond donors (Lipinski definition) is 0. The summed E-state index contributed by atoms with van der Waals surface area (Å²) in [4.78, 5) is 6.53. The molecule has 0 saturated carbocycles. The lowest BCUT2D eigenvalue weighted by Gasteiger charge is -2.31. The van der Waals surface area contributed by atoms with Crippen molar-refractivity contribution in [3.63, 3.8) is 0 Å². The van der Waals surface area contributed by atoms with Gasteiger partial charge in [0.2, 0.25) is 0 Å². The van der Waals surface area contributed by atoms with E-state index in [0.717, 1.165) is 6.42 Å². The van der Waals surface area contributed by atoms with Crippen molar-refractivity contribution < 1.29 is 0 Å². The molecule has 1 rings (SSSR count). The van der Waals surface area contributed by atoms with E-state index >= 15 is 0 Å². The first kappa shape index (κ1) is 13.2. The molecule has 0 aromatic heterocycles. The van der Waals surface area contributed by atoms with E-state index in [1.54, 1.807) is 0 Å². The maximum absolute atomic E-state index is 4.29. The summed E-state index contributed by atoms with van der Waals surface area (Å²) >= 11 is 0. The molecule has 0 amide bonds. The topological polar surface area (TPSA) is 15.6 Å². The fourth-order valence-corrected chi connectivity index (χ4v) is 1.46. The van der Waals surface area contributed by atoms with Gasteiger partial charge in [0.15, 0.2) is 0 Å². The van der Waals surface area contributed by atoms with Crippen molar-refractivity contribution in [2.24, 2.45) is 10.9 Å². The lowest BCUT2D eigenvalue weighted by atomic mass is 10.0. The molecule has 2 nitrogen and oxygen atoms in total. The maximum atomic E-state index is 4.29. The van der Waals surface area contributed by atoms with Crippen LogP contribution in [0.2, 0.25) is 0 Å². The number of nitrogens with zero attached hydrogens (tertiary/aromatic N) is 2. The third-order valence-corrected chi connectivity index (χ3v) is 2.19. The maximum Gasteiger partial charge on any atom is 0.103 e. The molecule has 1 atom stereocenters. The predicted molar refractivity (Wildman–Crippen MR) is 64.6 cm³/mol. The average Bonchev–Trinajstić information content (AvgIpc) is 2.20. The molecule has 0 aromatic carbocycles. The minimum atomic E-state index is 0.521. The van der Waals surface area contributed by atoms with Gasteiger partial charge in [-0.05, 0) is 19.8 Å². The average molecular weight is 196 g/mol. The molecule has 0 radical (unpaired) electrons. The van der Waals surface area contributed by atoms with E-state index in [4.69, 9.17) is 0 Å². The standard InChI is InChI=1S/C10H18N2.C2H6/c1-8(2)12-6-5-9(3)7-10(12)11-4;1-2/h5-6,8-9H,7H2,1-4H3;1-2H3. The van der Waals surface area contributed by atoms with Crippen LogP contribution in [0.15, 0.2) is 17.3 Å². The van der Waals surface area contributed by atoms with Gasteiger partial charge < -0.3 is 4.90 Å². The molecule has 82 valence electrons. The smallest absolute Gasteiger partial charge is 0.103 e. The minimum Gasteiger partial charge on any atom is -0.335 e. The van der Waals surface area contributed by atoms with Crippen LogP contribution in [0, 0.1) is 5.92 Å². The Morgan fingerprint density at radius 2 is 2.00 bits per heavy atom. The molecule has 0 aliphatic carbocycles. The highest BCUT2D eigenvalue weighted by molar-refractivity contribution is 5.84. The van der Waals surface area contributed by atoms with E-state index < -0.39 is 0 Å². The molecular formula is C12H24N2. The predicted octanol–water partition coefficient (Wildman–Crippen LogP) is 3.30. The van der Waals surface area contributed by atoms with Crippen molar-refractivity contribution >= 4 is 5.84 Å². The number of amidine groups is 1. The Balaban J connectivity index is 0.000000791. The van der Waals surface area contributed by atoms with Crippen LogP contribution in [0.4, 0.5) is 0 Å².